The van der Waals surface area contributed by atoms with E-state index in [9.17, 15) is 13.2 Å². The average molecular weight is 437 g/mol. The minimum Gasteiger partial charge on any atom is -0.321 e. The molecule has 1 aliphatic rings. The van der Waals surface area contributed by atoms with Crippen LogP contribution in [0.1, 0.15) is 34.3 Å². The predicted molar refractivity (Wildman–Crippen MR) is 106 cm³/mol. The van der Waals surface area contributed by atoms with Gasteiger partial charge < -0.3 is 5.32 Å². The van der Waals surface area contributed by atoms with Crippen molar-refractivity contribution in [1.29, 1.82) is 0 Å². The number of hydrogen-bond acceptors (Lipinski definition) is 3. The summed E-state index contributed by atoms with van der Waals surface area (Å²) in [5.41, 5.74) is 2.95. The molecule has 0 atom stereocenters. The maximum atomic E-state index is 12.8. The Hall–Kier alpha value is -1.70. The van der Waals surface area contributed by atoms with E-state index in [2.05, 4.69) is 21.2 Å². The predicted octanol–water partition coefficient (Wildman–Crippen LogP) is 4.10. The largest absolute Gasteiger partial charge is 0.321 e. The zero-order valence-electron chi connectivity index (χ0n) is 14.8. The van der Waals surface area contributed by atoms with Crippen molar-refractivity contribution < 1.29 is 13.2 Å². The number of hydrogen-bond donors (Lipinski definition) is 1. The van der Waals surface area contributed by atoms with E-state index in [1.165, 1.54) is 16.4 Å². The lowest BCUT2D eigenvalue weighted by Crippen LogP contribution is -2.28. The van der Waals surface area contributed by atoms with Crippen LogP contribution in [-0.4, -0.2) is 31.7 Å². The molecule has 2 aromatic rings. The zero-order chi connectivity index (χ0) is 18.9. The molecule has 3 rings (SSSR count). The van der Waals surface area contributed by atoms with Crippen molar-refractivity contribution in [1.82, 2.24) is 4.31 Å². The molecule has 1 saturated heterocycles. The topological polar surface area (TPSA) is 66.5 Å². The molecule has 0 aliphatic carbocycles. The first-order valence-electron chi connectivity index (χ1n) is 8.48. The Bertz CT molecular complexity index is 931. The maximum absolute atomic E-state index is 12.8. The monoisotopic (exact) mass is 436 g/mol. The van der Waals surface area contributed by atoms with Gasteiger partial charge in [-0.25, -0.2) is 8.42 Å². The van der Waals surface area contributed by atoms with E-state index < -0.39 is 10.0 Å². The van der Waals surface area contributed by atoms with Crippen LogP contribution >= 0.6 is 15.9 Å². The summed E-state index contributed by atoms with van der Waals surface area (Å²) in [7, 11) is -3.57. The van der Waals surface area contributed by atoms with E-state index >= 15 is 0 Å². The van der Waals surface area contributed by atoms with Crippen LogP contribution in [-0.2, 0) is 10.0 Å². The molecule has 1 fully saturated rings. The van der Waals surface area contributed by atoms with Gasteiger partial charge in [-0.2, -0.15) is 4.31 Å². The summed E-state index contributed by atoms with van der Waals surface area (Å²) in [5.74, 6) is -0.340. The smallest absolute Gasteiger partial charge is 0.256 e. The van der Waals surface area contributed by atoms with Crippen LogP contribution < -0.4 is 5.32 Å². The molecular weight excluding hydrogens is 416 g/mol. The first-order chi connectivity index (χ1) is 12.3. The second kappa shape index (κ2) is 7.50. The third-order valence-electron chi connectivity index (χ3n) is 4.60. The van der Waals surface area contributed by atoms with Crippen LogP contribution in [0.4, 0.5) is 5.69 Å². The Labute approximate surface area is 162 Å². The Kier molecular flexibility index (Phi) is 5.50. The highest BCUT2D eigenvalue weighted by Gasteiger charge is 2.28. The molecule has 0 aromatic heterocycles. The summed E-state index contributed by atoms with van der Waals surface area (Å²) in [6, 6.07) is 10.4. The molecule has 1 N–H and O–H groups in total. The number of amides is 1. The normalized spacial score (nSPS) is 15.2. The Balaban J connectivity index is 1.94. The molecule has 1 amide bonds. The number of nitrogens with zero attached hydrogens (tertiary/aromatic N) is 1. The highest BCUT2D eigenvalue weighted by molar-refractivity contribution is 9.10. The molecule has 0 bridgehead atoms. The molecule has 0 saturated carbocycles. The van der Waals surface area contributed by atoms with Crippen LogP contribution in [0.5, 0.6) is 0 Å². The van der Waals surface area contributed by atoms with Gasteiger partial charge in [0.15, 0.2) is 0 Å². The van der Waals surface area contributed by atoms with Gasteiger partial charge in [0, 0.05) is 23.2 Å². The summed E-state index contributed by atoms with van der Waals surface area (Å²) in [6.45, 7) is 4.91. The molecule has 0 unspecified atom stereocenters. The fraction of sp³-hybridized carbons (Fsp3) is 0.316. The number of benzene rings is 2. The lowest BCUT2D eigenvalue weighted by Gasteiger charge is -2.17. The number of aryl methyl sites for hydroxylation is 2. The van der Waals surface area contributed by atoms with Crippen molar-refractivity contribution in [2.45, 2.75) is 31.6 Å². The van der Waals surface area contributed by atoms with Crippen molar-refractivity contribution in [2.24, 2.45) is 0 Å². The van der Waals surface area contributed by atoms with Crippen molar-refractivity contribution in [2.75, 3.05) is 18.4 Å². The number of sulfonamides is 1. The van der Waals surface area contributed by atoms with E-state index in [1.54, 1.807) is 6.07 Å². The van der Waals surface area contributed by atoms with E-state index in [0.717, 1.165) is 29.7 Å². The Morgan fingerprint density at radius 3 is 2.31 bits per heavy atom. The van der Waals surface area contributed by atoms with Gasteiger partial charge in [-0.1, -0.05) is 18.2 Å². The van der Waals surface area contributed by atoms with Crippen LogP contribution in [0, 0.1) is 13.8 Å². The Morgan fingerprint density at radius 2 is 1.69 bits per heavy atom. The molecule has 0 radical (unpaired) electrons. The quantitative estimate of drug-likeness (QED) is 0.783. The third-order valence-corrected chi connectivity index (χ3v) is 7.19. The minimum atomic E-state index is -3.57. The van der Waals surface area contributed by atoms with Crippen LogP contribution in [0.25, 0.3) is 0 Å². The highest BCUT2D eigenvalue weighted by Crippen LogP contribution is 2.27. The standard InChI is InChI=1S/C19H21BrN2O3S/c1-13-6-5-7-14(2)18(13)21-19(23)16-12-15(8-9-17(16)20)26(24,25)22-10-3-4-11-22/h5-9,12H,3-4,10-11H2,1-2H3,(H,21,23). The first-order valence-corrected chi connectivity index (χ1v) is 10.7. The Morgan fingerprint density at radius 1 is 1.08 bits per heavy atom. The van der Waals surface area contributed by atoms with E-state index in [1.807, 2.05) is 32.0 Å². The van der Waals surface area contributed by atoms with Crippen LogP contribution in [0.2, 0.25) is 0 Å². The lowest BCUT2D eigenvalue weighted by atomic mass is 10.1. The molecule has 26 heavy (non-hydrogen) atoms. The number of carbonyl (C=O) groups excluding carboxylic acids is 1. The van der Waals surface area contributed by atoms with Gasteiger partial charge in [0.2, 0.25) is 10.0 Å². The highest BCUT2D eigenvalue weighted by atomic mass is 79.9. The van der Waals surface area contributed by atoms with Gasteiger partial charge in [-0.05, 0) is 71.9 Å². The van der Waals surface area contributed by atoms with Crippen molar-refractivity contribution >= 4 is 37.5 Å². The summed E-state index contributed by atoms with van der Waals surface area (Å²) in [6.07, 6.45) is 1.74. The number of anilines is 1. The molecule has 1 aliphatic heterocycles. The molecule has 138 valence electrons. The minimum absolute atomic E-state index is 0.147. The molecule has 7 heteroatoms. The first kappa shape index (κ1) is 19.1. The number of para-hydroxylation sites is 1. The summed E-state index contributed by atoms with van der Waals surface area (Å²) < 4.78 is 27.6. The number of rotatable bonds is 4. The third kappa shape index (κ3) is 3.70. The fourth-order valence-electron chi connectivity index (χ4n) is 3.11. The summed E-state index contributed by atoms with van der Waals surface area (Å²) in [4.78, 5) is 12.9. The van der Waals surface area contributed by atoms with Crippen LogP contribution in [0.15, 0.2) is 45.8 Å². The molecule has 2 aromatic carbocycles. The summed E-state index contributed by atoms with van der Waals surface area (Å²) >= 11 is 3.36. The molecule has 5 nitrogen and oxygen atoms in total. The van der Waals surface area contributed by atoms with Gasteiger partial charge in [-0.3, -0.25) is 4.79 Å². The van der Waals surface area contributed by atoms with Gasteiger partial charge in [0.25, 0.3) is 5.91 Å². The van der Waals surface area contributed by atoms with Gasteiger partial charge >= 0.3 is 0 Å². The van der Waals surface area contributed by atoms with Crippen molar-refractivity contribution in [3.63, 3.8) is 0 Å². The molecular formula is C19H21BrN2O3S. The van der Waals surface area contributed by atoms with E-state index in [0.29, 0.717) is 23.1 Å². The molecule has 0 spiro atoms. The number of halogens is 1. The van der Waals surface area contributed by atoms with E-state index in [4.69, 9.17) is 0 Å². The van der Waals surface area contributed by atoms with Crippen molar-refractivity contribution in [3.8, 4) is 0 Å². The van der Waals surface area contributed by atoms with Gasteiger partial charge in [0.1, 0.15) is 0 Å². The number of carbonyl (C=O) groups is 1. The zero-order valence-corrected chi connectivity index (χ0v) is 17.2. The second-order valence-electron chi connectivity index (χ2n) is 6.47. The van der Waals surface area contributed by atoms with Crippen molar-refractivity contribution in [3.05, 3.63) is 57.6 Å². The van der Waals surface area contributed by atoms with Gasteiger partial charge in [-0.15, -0.1) is 0 Å². The summed E-state index contributed by atoms with van der Waals surface area (Å²) in [5, 5.41) is 2.91. The lowest BCUT2D eigenvalue weighted by molar-refractivity contribution is 0.102. The van der Waals surface area contributed by atoms with Gasteiger partial charge in [0.05, 0.1) is 10.5 Å². The molecule has 1 heterocycles. The van der Waals surface area contributed by atoms with E-state index in [-0.39, 0.29) is 10.8 Å². The average Bonchev–Trinajstić information content (AvgIpc) is 3.14. The maximum Gasteiger partial charge on any atom is 0.256 e. The number of nitrogens with one attached hydrogen (secondary N) is 1. The second-order valence-corrected chi connectivity index (χ2v) is 9.27. The SMILES string of the molecule is Cc1cccc(C)c1NC(=O)c1cc(S(=O)(=O)N2CCCC2)ccc1Br. The fourth-order valence-corrected chi connectivity index (χ4v) is 5.08. The van der Waals surface area contributed by atoms with Crippen LogP contribution in [0.3, 0.4) is 0 Å².